The number of allylic oxidation sites excluding steroid dienone is 1. The third kappa shape index (κ3) is 6.53. The van der Waals surface area contributed by atoms with E-state index in [9.17, 15) is 9.90 Å². The van der Waals surface area contributed by atoms with E-state index in [1.165, 1.54) is 32.1 Å². The second-order valence-electron chi connectivity index (χ2n) is 10.3. The van der Waals surface area contributed by atoms with E-state index in [1.807, 2.05) is 6.08 Å². The van der Waals surface area contributed by atoms with Crippen LogP contribution in [-0.4, -0.2) is 54.0 Å². The van der Waals surface area contributed by atoms with Crippen LogP contribution in [0, 0.1) is 12.8 Å². The van der Waals surface area contributed by atoms with Gasteiger partial charge in [-0.05, 0) is 106 Å². The van der Waals surface area contributed by atoms with Gasteiger partial charge >= 0.3 is 0 Å². The highest BCUT2D eigenvalue weighted by Gasteiger charge is 2.22. The number of phenolic OH excluding ortho intramolecular Hbond substituents is 1. The fraction of sp³-hybridized carbons (Fsp3) is 0.500. The number of aromatic hydroxyl groups is 1. The zero-order valence-electron chi connectivity index (χ0n) is 21.6. The third-order valence-corrected chi connectivity index (χ3v) is 7.56. The average Bonchev–Trinajstić information content (AvgIpc) is 2.88. The number of methoxy groups -OCH3 is 1. The lowest BCUT2D eigenvalue weighted by Crippen LogP contribution is -2.34. The van der Waals surface area contributed by atoms with Crippen LogP contribution in [0.2, 0.25) is 0 Å². The number of phenols is 1. The van der Waals surface area contributed by atoms with Crippen LogP contribution >= 0.6 is 0 Å². The molecule has 0 amide bonds. The van der Waals surface area contributed by atoms with E-state index in [4.69, 9.17) is 4.74 Å². The highest BCUT2D eigenvalue weighted by Crippen LogP contribution is 2.33. The Labute approximate surface area is 210 Å². The number of piperidine rings is 2. The Balaban J connectivity index is 1.62. The molecule has 188 valence electrons. The second-order valence-corrected chi connectivity index (χ2v) is 10.3. The molecule has 4 rings (SSSR count). The van der Waals surface area contributed by atoms with E-state index in [0.717, 1.165) is 67.3 Å². The highest BCUT2D eigenvalue weighted by atomic mass is 16.5. The lowest BCUT2D eigenvalue weighted by atomic mass is 9.94. The molecule has 1 N–H and O–H groups in total. The minimum atomic E-state index is -0.0379. The third-order valence-electron chi connectivity index (χ3n) is 7.56. The van der Waals surface area contributed by atoms with Crippen LogP contribution in [0.25, 0.3) is 6.08 Å². The molecular weight excluding hydrogens is 436 g/mol. The van der Waals surface area contributed by atoms with Gasteiger partial charge in [-0.2, -0.15) is 0 Å². The fourth-order valence-electron chi connectivity index (χ4n) is 5.43. The molecule has 0 aliphatic carbocycles. The average molecular weight is 477 g/mol. The number of carbonyl (C=O) groups excluding carboxylic acids is 1. The lowest BCUT2D eigenvalue weighted by Gasteiger charge is -2.32. The van der Waals surface area contributed by atoms with Crippen LogP contribution in [0.1, 0.15) is 71.6 Å². The van der Waals surface area contributed by atoms with E-state index in [-0.39, 0.29) is 5.78 Å². The van der Waals surface area contributed by atoms with Crippen LogP contribution < -0.4 is 4.74 Å². The fourth-order valence-corrected chi connectivity index (χ4v) is 5.43. The molecular formula is C30H40N2O3. The molecule has 5 nitrogen and oxygen atoms in total. The smallest absolute Gasteiger partial charge is 0.185 e. The maximum atomic E-state index is 12.8. The summed E-state index contributed by atoms with van der Waals surface area (Å²) >= 11 is 0. The minimum absolute atomic E-state index is 0.0379. The summed E-state index contributed by atoms with van der Waals surface area (Å²) in [6.45, 7) is 10.2. The minimum Gasteiger partial charge on any atom is -0.507 e. The van der Waals surface area contributed by atoms with Gasteiger partial charge in [0.05, 0.1) is 7.11 Å². The summed E-state index contributed by atoms with van der Waals surface area (Å²) in [4.78, 5) is 17.8. The van der Waals surface area contributed by atoms with Crippen LogP contribution in [-0.2, 0) is 13.1 Å². The van der Waals surface area contributed by atoms with Gasteiger partial charge in [0, 0.05) is 36.3 Å². The first-order chi connectivity index (χ1) is 16.9. The number of hydrogen-bond acceptors (Lipinski definition) is 5. The van der Waals surface area contributed by atoms with Crippen molar-refractivity contribution in [1.82, 2.24) is 9.80 Å². The first kappa shape index (κ1) is 25.5. The predicted octanol–water partition coefficient (Wildman–Crippen LogP) is 5.82. The number of ketones is 1. The summed E-state index contributed by atoms with van der Waals surface area (Å²) in [5.41, 5.74) is 4.67. The van der Waals surface area contributed by atoms with E-state index >= 15 is 0 Å². The quantitative estimate of drug-likeness (QED) is 0.384. The maximum Gasteiger partial charge on any atom is 0.185 e. The van der Waals surface area contributed by atoms with E-state index in [0.29, 0.717) is 17.2 Å². The number of ether oxygens (including phenoxy) is 1. The van der Waals surface area contributed by atoms with Crippen LogP contribution in [0.4, 0.5) is 0 Å². The molecule has 2 heterocycles. The largest absolute Gasteiger partial charge is 0.507 e. The zero-order chi connectivity index (χ0) is 24.8. The SMILES string of the molecule is COc1ccc(C(=O)/C=C/c2cc(CN3CCCC(C)C3)c(O)c(CN3CCCCC3)c2C)cc1. The van der Waals surface area contributed by atoms with Gasteiger partial charge in [0.25, 0.3) is 0 Å². The van der Waals surface area contributed by atoms with E-state index < -0.39 is 0 Å². The summed E-state index contributed by atoms with van der Waals surface area (Å²) in [6.07, 6.45) is 9.77. The Morgan fingerprint density at radius 2 is 1.77 bits per heavy atom. The van der Waals surface area contributed by atoms with Crippen LogP contribution in [0.15, 0.2) is 36.4 Å². The predicted molar refractivity (Wildman–Crippen MR) is 142 cm³/mol. The number of hydrogen-bond donors (Lipinski definition) is 1. The van der Waals surface area contributed by atoms with Crippen LogP contribution in [0.5, 0.6) is 11.5 Å². The van der Waals surface area contributed by atoms with Gasteiger partial charge in [0.15, 0.2) is 5.78 Å². The van der Waals surface area contributed by atoms with Crippen molar-refractivity contribution in [3.05, 3.63) is 64.2 Å². The van der Waals surface area contributed by atoms with Crippen LogP contribution in [0.3, 0.4) is 0 Å². The molecule has 2 aliphatic rings. The molecule has 5 heteroatoms. The molecule has 35 heavy (non-hydrogen) atoms. The molecule has 1 unspecified atom stereocenters. The molecule has 2 fully saturated rings. The van der Waals surface area contributed by atoms with Crippen molar-refractivity contribution in [2.24, 2.45) is 5.92 Å². The number of benzene rings is 2. The second kappa shape index (κ2) is 11.9. The Morgan fingerprint density at radius 1 is 1.06 bits per heavy atom. The molecule has 2 saturated heterocycles. The van der Waals surface area contributed by atoms with Gasteiger partial charge in [0.1, 0.15) is 11.5 Å². The topological polar surface area (TPSA) is 53.0 Å². The monoisotopic (exact) mass is 476 g/mol. The van der Waals surface area contributed by atoms with Crippen molar-refractivity contribution in [1.29, 1.82) is 0 Å². The molecule has 0 saturated carbocycles. The Kier molecular flexibility index (Phi) is 8.64. The summed E-state index contributed by atoms with van der Waals surface area (Å²) in [5.74, 6) is 1.82. The number of rotatable bonds is 8. The van der Waals surface area contributed by atoms with Crippen molar-refractivity contribution in [3.8, 4) is 11.5 Å². The summed E-state index contributed by atoms with van der Waals surface area (Å²) in [5, 5.41) is 11.4. The normalized spacial score (nSPS) is 19.8. The molecule has 0 bridgehead atoms. The molecule has 2 aromatic rings. The number of nitrogens with zero attached hydrogens (tertiary/aromatic N) is 2. The van der Waals surface area contributed by atoms with Gasteiger partial charge in [-0.25, -0.2) is 0 Å². The molecule has 1 atom stereocenters. The Bertz CT molecular complexity index is 1040. The standard InChI is InChI=1S/C30H40N2O3/c1-22-8-7-17-32(19-22)20-26-18-25(11-14-29(33)24-9-12-27(35-3)13-10-24)23(2)28(30(26)34)21-31-15-5-4-6-16-31/h9-14,18,22,34H,4-8,15-17,19-21H2,1-3H3/b14-11+. The molecule has 2 aliphatic heterocycles. The van der Waals surface area contributed by atoms with Gasteiger partial charge in [-0.1, -0.05) is 19.4 Å². The van der Waals surface area contributed by atoms with Gasteiger partial charge in [-0.3, -0.25) is 14.6 Å². The molecule has 0 radical (unpaired) electrons. The highest BCUT2D eigenvalue weighted by molar-refractivity contribution is 6.07. The Hall–Kier alpha value is -2.63. The zero-order valence-corrected chi connectivity index (χ0v) is 21.6. The number of carbonyl (C=O) groups is 1. The lowest BCUT2D eigenvalue weighted by molar-refractivity contribution is 0.104. The first-order valence-electron chi connectivity index (χ1n) is 13.1. The van der Waals surface area contributed by atoms with Crippen molar-refractivity contribution in [2.75, 3.05) is 33.3 Å². The Morgan fingerprint density at radius 3 is 2.46 bits per heavy atom. The van der Waals surface area contributed by atoms with Crippen molar-refractivity contribution >= 4 is 11.9 Å². The summed E-state index contributed by atoms with van der Waals surface area (Å²) < 4.78 is 5.20. The van der Waals surface area contributed by atoms with Crippen molar-refractivity contribution in [3.63, 3.8) is 0 Å². The summed E-state index contributed by atoms with van der Waals surface area (Å²) in [6, 6.07) is 9.28. The van der Waals surface area contributed by atoms with Gasteiger partial charge in [-0.15, -0.1) is 0 Å². The summed E-state index contributed by atoms with van der Waals surface area (Å²) in [7, 11) is 1.62. The van der Waals surface area contributed by atoms with Gasteiger partial charge in [0.2, 0.25) is 0 Å². The molecule has 0 aromatic heterocycles. The molecule has 2 aromatic carbocycles. The maximum absolute atomic E-state index is 12.8. The number of likely N-dealkylation sites (tertiary alicyclic amines) is 2. The molecule has 0 spiro atoms. The van der Waals surface area contributed by atoms with Crippen molar-refractivity contribution < 1.29 is 14.6 Å². The first-order valence-corrected chi connectivity index (χ1v) is 13.1. The van der Waals surface area contributed by atoms with E-state index in [2.05, 4.69) is 29.7 Å². The van der Waals surface area contributed by atoms with Gasteiger partial charge < -0.3 is 9.84 Å². The van der Waals surface area contributed by atoms with E-state index in [1.54, 1.807) is 37.5 Å². The van der Waals surface area contributed by atoms with Crippen molar-refractivity contribution in [2.45, 2.75) is 59.0 Å².